The lowest BCUT2D eigenvalue weighted by Crippen LogP contribution is -2.63. The minimum absolute atomic E-state index is 0.142. The molecule has 4 rings (SSSR count). The molecule has 0 radical (unpaired) electrons. The lowest BCUT2D eigenvalue weighted by molar-refractivity contribution is -0.719. The van der Waals surface area contributed by atoms with Crippen LogP contribution < -0.4 is 0 Å². The minimum atomic E-state index is -0.376. The van der Waals surface area contributed by atoms with Crippen molar-refractivity contribution in [2.75, 3.05) is 7.05 Å². The highest BCUT2D eigenvalue weighted by atomic mass is 35.5. The molecule has 2 atom stereocenters. The number of nitrogens with zero attached hydrogens (tertiary/aromatic N) is 3. The average Bonchev–Trinajstić information content (AvgIpc) is 2.27. The van der Waals surface area contributed by atoms with Crippen molar-refractivity contribution >= 4 is 46.1 Å². The summed E-state index contributed by atoms with van der Waals surface area (Å²) in [5.74, 6) is -0.376. The molecule has 0 spiro atoms. The number of hydrogen-bond acceptors (Lipinski definition) is 3. The van der Waals surface area contributed by atoms with Crippen LogP contribution in [0.4, 0.5) is 4.39 Å². The maximum atomic E-state index is 14.0. The lowest BCUT2D eigenvalue weighted by atomic mass is 9.92. The summed E-state index contributed by atoms with van der Waals surface area (Å²) in [4.78, 5) is 4.14. The molecule has 2 bridgehead atoms. The van der Waals surface area contributed by atoms with Crippen molar-refractivity contribution in [3.8, 4) is 0 Å². The Balaban J connectivity index is 2.06. The second-order valence-corrected chi connectivity index (χ2v) is 7.06. The van der Waals surface area contributed by atoms with E-state index in [9.17, 15) is 4.39 Å². The fourth-order valence-electron chi connectivity index (χ4n) is 2.30. The molecule has 1 fully saturated rings. The largest absolute Gasteiger partial charge is 0.250 e. The van der Waals surface area contributed by atoms with E-state index in [1.165, 1.54) is 12.3 Å². The molecule has 18 heavy (non-hydrogen) atoms. The maximum Gasteiger partial charge on any atom is 0.250 e. The molecule has 0 aromatic carbocycles. The third-order valence-electron chi connectivity index (χ3n) is 3.21. The highest BCUT2D eigenvalue weighted by molar-refractivity contribution is 8.24. The quantitative estimate of drug-likeness (QED) is 0.586. The number of hydrazone groups is 1. The van der Waals surface area contributed by atoms with Crippen molar-refractivity contribution in [3.63, 3.8) is 0 Å². The molecule has 1 saturated heterocycles. The van der Waals surface area contributed by atoms with E-state index in [0.29, 0.717) is 10.7 Å². The third-order valence-corrected chi connectivity index (χ3v) is 5.14. The molecule has 3 aliphatic rings. The Labute approximate surface area is 119 Å². The van der Waals surface area contributed by atoms with Gasteiger partial charge in [-0.05, 0) is 25.2 Å². The Bertz CT molecular complexity index is 592. The van der Waals surface area contributed by atoms with Gasteiger partial charge in [0, 0.05) is 6.20 Å². The van der Waals surface area contributed by atoms with Gasteiger partial charge in [0.15, 0.2) is 21.1 Å². The minimum Gasteiger partial charge on any atom is -0.249 e. The lowest BCUT2D eigenvalue weighted by Gasteiger charge is -2.44. The van der Waals surface area contributed by atoms with Gasteiger partial charge in [0.25, 0.3) is 0 Å². The number of thioether (sulfide) groups is 1. The Morgan fingerprint density at radius 3 is 3.06 bits per heavy atom. The van der Waals surface area contributed by atoms with E-state index in [1.807, 2.05) is 29.9 Å². The zero-order valence-corrected chi connectivity index (χ0v) is 12.1. The van der Waals surface area contributed by atoms with Gasteiger partial charge in [-0.25, -0.2) is 9.37 Å². The number of rotatable bonds is 1. The summed E-state index contributed by atoms with van der Waals surface area (Å²) in [6.07, 6.45) is 3.51. The molecule has 0 aliphatic carbocycles. The summed E-state index contributed by atoms with van der Waals surface area (Å²) in [5, 5.41) is 2.15. The van der Waals surface area contributed by atoms with Gasteiger partial charge in [-0.1, -0.05) is 23.4 Å². The number of pyridine rings is 1. The molecule has 4 heterocycles. The summed E-state index contributed by atoms with van der Waals surface area (Å²) in [6.45, 7) is 2.04. The molecule has 7 heteroatoms. The normalized spacial score (nSPS) is 30.0. The van der Waals surface area contributed by atoms with E-state index in [2.05, 4.69) is 4.98 Å². The van der Waals surface area contributed by atoms with E-state index in [0.717, 1.165) is 4.32 Å². The fraction of sp³-hybridized carbons (Fsp3) is 0.364. The number of hydrazine groups is 1. The SMILES string of the molecule is CN1C(=S)SC2(C)C=[N+]1C2c1ncc(Cl)cc1F. The number of halogens is 2. The first kappa shape index (κ1) is 12.3. The maximum absolute atomic E-state index is 14.0. The Kier molecular flexibility index (Phi) is 2.66. The van der Waals surface area contributed by atoms with Gasteiger partial charge in [0.05, 0.1) is 12.1 Å². The zero-order chi connectivity index (χ0) is 13.1. The molecule has 3 aliphatic heterocycles. The first-order chi connectivity index (χ1) is 8.42. The van der Waals surface area contributed by atoms with Crippen LogP contribution in [0.3, 0.4) is 0 Å². The van der Waals surface area contributed by atoms with Gasteiger partial charge < -0.3 is 0 Å². The van der Waals surface area contributed by atoms with Crippen LogP contribution in [-0.2, 0) is 0 Å². The molecule has 0 amide bonds. The fourth-order valence-corrected chi connectivity index (χ4v) is 4.17. The predicted molar refractivity (Wildman–Crippen MR) is 74.6 cm³/mol. The predicted octanol–water partition coefficient (Wildman–Crippen LogP) is 2.65. The third kappa shape index (κ3) is 1.59. The zero-order valence-electron chi connectivity index (χ0n) is 9.72. The summed E-state index contributed by atoms with van der Waals surface area (Å²) < 4.78 is 16.4. The summed E-state index contributed by atoms with van der Waals surface area (Å²) in [6, 6.07) is 1.15. The van der Waals surface area contributed by atoms with E-state index in [-0.39, 0.29) is 16.6 Å². The van der Waals surface area contributed by atoms with E-state index >= 15 is 0 Å². The van der Waals surface area contributed by atoms with Crippen LogP contribution in [0, 0.1) is 5.82 Å². The molecule has 1 aromatic heterocycles. The van der Waals surface area contributed by atoms with Crippen LogP contribution in [0.1, 0.15) is 18.7 Å². The van der Waals surface area contributed by atoms with Crippen molar-refractivity contribution in [2.24, 2.45) is 0 Å². The standard InChI is InChI=1S/C11H10ClFN3S2/c1-11-5-16(15(2)10(17)18-11)9(11)8-7(13)3-6(12)4-14-8/h3-5,9H,1-2H3/q+1. The van der Waals surface area contributed by atoms with Gasteiger partial charge >= 0.3 is 0 Å². The van der Waals surface area contributed by atoms with Crippen LogP contribution in [0.5, 0.6) is 0 Å². The van der Waals surface area contributed by atoms with Crippen LogP contribution in [0.15, 0.2) is 12.3 Å². The van der Waals surface area contributed by atoms with Gasteiger partial charge in [0.1, 0.15) is 5.69 Å². The topological polar surface area (TPSA) is 19.1 Å². The molecular formula is C11H10ClFN3S2+. The first-order valence-corrected chi connectivity index (χ1v) is 6.94. The van der Waals surface area contributed by atoms with E-state index < -0.39 is 0 Å². The Morgan fingerprint density at radius 2 is 2.39 bits per heavy atom. The van der Waals surface area contributed by atoms with Crippen LogP contribution in [0.2, 0.25) is 5.02 Å². The highest BCUT2D eigenvalue weighted by Crippen LogP contribution is 2.50. The number of hydrogen-bond donors (Lipinski definition) is 0. The van der Waals surface area contributed by atoms with Gasteiger partial charge in [0.2, 0.25) is 6.04 Å². The van der Waals surface area contributed by atoms with Gasteiger partial charge in [-0.2, -0.15) is 0 Å². The molecule has 2 unspecified atom stereocenters. The first-order valence-electron chi connectivity index (χ1n) is 5.34. The Hall–Kier alpha value is -0.720. The van der Waals surface area contributed by atoms with Crippen molar-refractivity contribution < 1.29 is 9.07 Å². The number of thiocarbonyl (C=S) groups is 1. The monoisotopic (exact) mass is 302 g/mol. The second-order valence-electron chi connectivity index (χ2n) is 4.51. The van der Waals surface area contributed by atoms with Gasteiger partial charge in [-0.3, -0.25) is 0 Å². The molecule has 0 N–H and O–H groups in total. The van der Waals surface area contributed by atoms with Gasteiger partial charge in [-0.15, -0.1) is 9.69 Å². The molecule has 94 valence electrons. The van der Waals surface area contributed by atoms with Crippen LogP contribution >= 0.6 is 35.6 Å². The van der Waals surface area contributed by atoms with Crippen molar-refractivity contribution in [3.05, 3.63) is 28.8 Å². The second kappa shape index (κ2) is 3.88. The van der Waals surface area contributed by atoms with Crippen LogP contribution in [0.25, 0.3) is 0 Å². The average molecular weight is 303 g/mol. The highest BCUT2D eigenvalue weighted by Gasteiger charge is 2.62. The van der Waals surface area contributed by atoms with Crippen LogP contribution in [-0.4, -0.2) is 37.0 Å². The van der Waals surface area contributed by atoms with Crippen molar-refractivity contribution in [1.29, 1.82) is 0 Å². The molecule has 3 nitrogen and oxygen atoms in total. The van der Waals surface area contributed by atoms with Crippen molar-refractivity contribution in [2.45, 2.75) is 17.7 Å². The van der Waals surface area contributed by atoms with E-state index in [1.54, 1.807) is 11.8 Å². The smallest absolute Gasteiger partial charge is 0.249 e. The molecular weight excluding hydrogens is 293 g/mol. The molecule has 0 saturated carbocycles. The Morgan fingerprint density at radius 1 is 1.67 bits per heavy atom. The van der Waals surface area contributed by atoms with E-state index in [4.69, 9.17) is 23.8 Å². The summed E-state index contributed by atoms with van der Waals surface area (Å²) >= 11 is 12.5. The molecule has 1 aromatic rings. The van der Waals surface area contributed by atoms with Crippen molar-refractivity contribution in [1.82, 2.24) is 9.99 Å². The number of aromatic nitrogens is 1. The summed E-state index contributed by atoms with van der Waals surface area (Å²) in [5.41, 5.74) is 0.409. The summed E-state index contributed by atoms with van der Waals surface area (Å²) in [7, 11) is 1.87. The number of fused-ring (bicyclic) bond motifs is 2.